The molecule has 1 aliphatic heterocycles. The quantitative estimate of drug-likeness (QED) is 0.212. The summed E-state index contributed by atoms with van der Waals surface area (Å²) in [4.78, 5) is 12.2. The van der Waals surface area contributed by atoms with Crippen molar-refractivity contribution in [2.45, 2.75) is 48.3 Å². The second-order valence-corrected chi connectivity index (χ2v) is 5.43. The standard InChI is InChI=1S/C12H23NO10/c13-4(1-14)10(21)12(22,6(17)3-16)11-9(20)8(19)7(18)5(2-15)23-11/h4-9,11,14-20,22H,1-3,13H2/t4-,5+,6+,7+,8-,9+,11-,12+/m0/s1. The fourth-order valence-electron chi connectivity index (χ4n) is 2.48. The number of rotatable bonds is 7. The zero-order chi connectivity index (χ0) is 17.9. The van der Waals surface area contributed by atoms with E-state index >= 15 is 0 Å². The van der Waals surface area contributed by atoms with Gasteiger partial charge in [-0.1, -0.05) is 0 Å². The van der Waals surface area contributed by atoms with Gasteiger partial charge in [-0.3, -0.25) is 4.79 Å². The van der Waals surface area contributed by atoms with Gasteiger partial charge in [-0.05, 0) is 0 Å². The second-order valence-electron chi connectivity index (χ2n) is 5.43. The normalized spacial score (nSPS) is 37.0. The predicted octanol–water partition coefficient (Wildman–Crippen LogP) is -6.20. The van der Waals surface area contributed by atoms with Crippen LogP contribution in [0.1, 0.15) is 0 Å². The van der Waals surface area contributed by atoms with E-state index < -0.39 is 73.9 Å². The number of ketones is 1. The van der Waals surface area contributed by atoms with Gasteiger partial charge in [0, 0.05) is 0 Å². The molecule has 1 aliphatic rings. The Hall–Kier alpha value is -0.730. The first-order valence-corrected chi connectivity index (χ1v) is 6.89. The van der Waals surface area contributed by atoms with Gasteiger partial charge in [0.25, 0.3) is 0 Å². The predicted molar refractivity (Wildman–Crippen MR) is 71.9 cm³/mol. The third-order valence-electron chi connectivity index (χ3n) is 3.94. The Morgan fingerprint density at radius 3 is 2.09 bits per heavy atom. The van der Waals surface area contributed by atoms with Gasteiger partial charge in [-0.25, -0.2) is 0 Å². The lowest BCUT2D eigenvalue weighted by molar-refractivity contribution is -0.280. The molecule has 1 fully saturated rings. The first kappa shape index (κ1) is 20.3. The SMILES string of the molecule is N[C@@H](CO)C(=O)[C@](O)([C@H](O)CO)[C@H]1O[C@H](CO)[C@@H](O)[C@H](O)[C@H]1O. The van der Waals surface area contributed by atoms with E-state index in [9.17, 15) is 30.3 Å². The molecule has 11 nitrogen and oxygen atoms in total. The van der Waals surface area contributed by atoms with Crippen molar-refractivity contribution in [3.63, 3.8) is 0 Å². The van der Waals surface area contributed by atoms with Crippen molar-refractivity contribution in [2.75, 3.05) is 19.8 Å². The number of carbonyl (C=O) groups excluding carboxylic acids is 1. The highest BCUT2D eigenvalue weighted by molar-refractivity contribution is 5.93. The smallest absolute Gasteiger partial charge is 0.188 e. The summed E-state index contributed by atoms with van der Waals surface area (Å²) in [6.07, 6.45) is -11.4. The van der Waals surface area contributed by atoms with E-state index in [-0.39, 0.29) is 0 Å². The Labute approximate surface area is 131 Å². The molecule has 1 heterocycles. The number of hydrogen-bond acceptors (Lipinski definition) is 11. The molecule has 8 atom stereocenters. The third-order valence-corrected chi connectivity index (χ3v) is 3.94. The maximum atomic E-state index is 12.2. The van der Waals surface area contributed by atoms with Gasteiger partial charge in [0.15, 0.2) is 11.4 Å². The fourth-order valence-corrected chi connectivity index (χ4v) is 2.48. The van der Waals surface area contributed by atoms with Crippen LogP contribution in [0, 0.1) is 0 Å². The summed E-state index contributed by atoms with van der Waals surface area (Å²) in [5.74, 6) is -1.36. The molecular weight excluding hydrogens is 318 g/mol. The molecule has 0 unspecified atom stereocenters. The van der Waals surface area contributed by atoms with Gasteiger partial charge in [0.1, 0.15) is 36.6 Å². The van der Waals surface area contributed by atoms with Crippen LogP contribution in [0.25, 0.3) is 0 Å². The van der Waals surface area contributed by atoms with Crippen LogP contribution >= 0.6 is 0 Å². The van der Waals surface area contributed by atoms with Crippen molar-refractivity contribution >= 4 is 5.78 Å². The first-order valence-electron chi connectivity index (χ1n) is 6.89. The second kappa shape index (κ2) is 7.90. The molecule has 1 saturated heterocycles. The van der Waals surface area contributed by atoms with Crippen molar-refractivity contribution < 1.29 is 50.4 Å². The van der Waals surface area contributed by atoms with Gasteiger partial charge >= 0.3 is 0 Å². The van der Waals surface area contributed by atoms with Crippen molar-refractivity contribution in [2.24, 2.45) is 5.73 Å². The fraction of sp³-hybridized carbons (Fsp3) is 0.917. The number of aliphatic hydroxyl groups is 8. The minimum absolute atomic E-state index is 0.826. The van der Waals surface area contributed by atoms with Crippen molar-refractivity contribution in [1.82, 2.24) is 0 Å². The lowest BCUT2D eigenvalue weighted by atomic mass is 9.77. The van der Waals surface area contributed by atoms with Gasteiger partial charge in [-0.2, -0.15) is 0 Å². The third kappa shape index (κ3) is 3.53. The van der Waals surface area contributed by atoms with Crippen molar-refractivity contribution in [3.8, 4) is 0 Å². The summed E-state index contributed by atoms with van der Waals surface area (Å²) >= 11 is 0. The number of carbonyl (C=O) groups is 1. The molecule has 0 aromatic rings. The Morgan fingerprint density at radius 1 is 1.09 bits per heavy atom. The minimum atomic E-state index is -3.00. The molecule has 136 valence electrons. The largest absolute Gasteiger partial charge is 0.394 e. The van der Waals surface area contributed by atoms with Crippen LogP contribution in [0.15, 0.2) is 0 Å². The number of nitrogens with two attached hydrogens (primary N) is 1. The number of Topliss-reactive ketones (excluding diaryl/α,β-unsaturated/α-hetero) is 1. The highest BCUT2D eigenvalue weighted by Gasteiger charge is 2.59. The molecule has 0 radical (unpaired) electrons. The van der Waals surface area contributed by atoms with E-state index in [1.807, 2.05) is 0 Å². The average Bonchev–Trinajstić information content (AvgIpc) is 2.56. The van der Waals surface area contributed by atoms with E-state index in [4.69, 9.17) is 25.8 Å². The van der Waals surface area contributed by atoms with Gasteiger partial charge < -0.3 is 51.3 Å². The number of aliphatic hydroxyl groups excluding tert-OH is 7. The van der Waals surface area contributed by atoms with E-state index in [0.717, 1.165) is 0 Å². The zero-order valence-electron chi connectivity index (χ0n) is 12.1. The highest BCUT2D eigenvalue weighted by Crippen LogP contribution is 2.32. The Bertz CT molecular complexity index is 407. The molecule has 10 N–H and O–H groups in total. The van der Waals surface area contributed by atoms with E-state index in [0.29, 0.717) is 0 Å². The lowest BCUT2D eigenvalue weighted by Gasteiger charge is -2.47. The van der Waals surface area contributed by atoms with Crippen LogP contribution in [0.2, 0.25) is 0 Å². The van der Waals surface area contributed by atoms with Crippen LogP contribution in [-0.2, 0) is 9.53 Å². The van der Waals surface area contributed by atoms with E-state index in [1.165, 1.54) is 0 Å². The molecule has 0 aromatic heterocycles. The molecule has 0 saturated carbocycles. The number of ether oxygens (including phenoxy) is 1. The Kier molecular flexibility index (Phi) is 6.97. The van der Waals surface area contributed by atoms with Gasteiger partial charge in [-0.15, -0.1) is 0 Å². The van der Waals surface area contributed by atoms with Crippen LogP contribution in [0.5, 0.6) is 0 Å². The monoisotopic (exact) mass is 341 g/mol. The van der Waals surface area contributed by atoms with Crippen LogP contribution in [0.4, 0.5) is 0 Å². The van der Waals surface area contributed by atoms with E-state index in [1.54, 1.807) is 0 Å². The topological polar surface area (TPSA) is 214 Å². The highest BCUT2D eigenvalue weighted by atomic mass is 16.6. The van der Waals surface area contributed by atoms with Crippen LogP contribution in [0.3, 0.4) is 0 Å². The Morgan fingerprint density at radius 2 is 1.65 bits per heavy atom. The molecule has 11 heteroatoms. The number of hydrogen-bond donors (Lipinski definition) is 9. The first-order chi connectivity index (χ1) is 10.7. The summed E-state index contributed by atoms with van der Waals surface area (Å²) in [7, 11) is 0. The molecule has 0 aliphatic carbocycles. The summed E-state index contributed by atoms with van der Waals surface area (Å²) < 4.78 is 5.05. The van der Waals surface area contributed by atoms with Gasteiger partial charge in [0.05, 0.1) is 25.9 Å². The molecule has 0 aromatic carbocycles. The van der Waals surface area contributed by atoms with Crippen molar-refractivity contribution in [3.05, 3.63) is 0 Å². The molecule has 0 bridgehead atoms. The van der Waals surface area contributed by atoms with Gasteiger partial charge in [0.2, 0.25) is 0 Å². The van der Waals surface area contributed by atoms with Crippen LogP contribution in [-0.4, -0.2) is 115 Å². The summed E-state index contributed by atoms with van der Waals surface area (Å²) in [5, 5.41) is 76.9. The van der Waals surface area contributed by atoms with Crippen molar-refractivity contribution in [1.29, 1.82) is 0 Å². The lowest BCUT2D eigenvalue weighted by Crippen LogP contribution is -2.73. The molecular formula is C12H23NO10. The van der Waals surface area contributed by atoms with Crippen LogP contribution < -0.4 is 5.73 Å². The zero-order valence-corrected chi connectivity index (χ0v) is 12.1. The maximum absolute atomic E-state index is 12.2. The molecule has 0 amide bonds. The minimum Gasteiger partial charge on any atom is -0.394 e. The average molecular weight is 341 g/mol. The summed E-state index contributed by atoms with van der Waals surface area (Å²) in [6.45, 7) is -2.86. The maximum Gasteiger partial charge on any atom is 0.188 e. The van der Waals surface area contributed by atoms with E-state index in [2.05, 4.69) is 0 Å². The molecule has 23 heavy (non-hydrogen) atoms. The molecule has 1 rings (SSSR count). The summed E-state index contributed by atoms with van der Waals surface area (Å²) in [5.41, 5.74) is 2.33. The molecule has 0 spiro atoms. The Balaban J connectivity index is 3.27. The summed E-state index contributed by atoms with van der Waals surface area (Å²) in [6, 6.07) is -1.67.